The van der Waals surface area contributed by atoms with Crippen molar-refractivity contribution in [3.05, 3.63) is 5.69 Å². The molecule has 5 heteroatoms. The minimum absolute atomic E-state index is 0.155. The maximum Gasteiger partial charge on any atom is 0.296 e. The summed E-state index contributed by atoms with van der Waals surface area (Å²) in [5.74, 6) is 0.335. The predicted octanol–water partition coefficient (Wildman–Crippen LogP) is 0.360. The maximum atomic E-state index is 8.49. The van der Waals surface area contributed by atoms with Gasteiger partial charge in [-0.25, -0.2) is 0 Å². The molecule has 68 valence electrons. The standard InChI is InChI=1S/C7H13N3O2/c1-5-6(8)12-7(10-5)9-3-2-4-11/h11H,2-4,8H2,1H3,(H,9,10). The van der Waals surface area contributed by atoms with E-state index in [1.54, 1.807) is 6.92 Å². The van der Waals surface area contributed by atoms with Gasteiger partial charge >= 0.3 is 0 Å². The maximum absolute atomic E-state index is 8.49. The number of nitrogens with zero attached hydrogens (tertiary/aromatic N) is 1. The van der Waals surface area contributed by atoms with E-state index in [2.05, 4.69) is 10.3 Å². The van der Waals surface area contributed by atoms with Crippen molar-refractivity contribution in [1.82, 2.24) is 4.98 Å². The summed E-state index contributed by atoms with van der Waals surface area (Å²) in [7, 11) is 0. The first-order valence-corrected chi connectivity index (χ1v) is 3.81. The van der Waals surface area contributed by atoms with Crippen LogP contribution in [0.3, 0.4) is 0 Å². The van der Waals surface area contributed by atoms with Crippen LogP contribution < -0.4 is 11.1 Å². The zero-order valence-corrected chi connectivity index (χ0v) is 7.00. The topological polar surface area (TPSA) is 84.3 Å². The lowest BCUT2D eigenvalue weighted by Crippen LogP contribution is -2.03. The van der Waals surface area contributed by atoms with Crippen molar-refractivity contribution in [3.63, 3.8) is 0 Å². The van der Waals surface area contributed by atoms with Gasteiger partial charge in [-0.3, -0.25) is 0 Å². The van der Waals surface area contributed by atoms with Crippen LogP contribution in [0.25, 0.3) is 0 Å². The van der Waals surface area contributed by atoms with Crippen LogP contribution in [0.4, 0.5) is 11.9 Å². The first-order chi connectivity index (χ1) is 5.74. The summed E-state index contributed by atoms with van der Waals surface area (Å²) in [5, 5.41) is 11.4. The zero-order valence-electron chi connectivity index (χ0n) is 7.00. The molecule has 1 aromatic rings. The number of hydrogen-bond donors (Lipinski definition) is 3. The van der Waals surface area contributed by atoms with E-state index in [-0.39, 0.29) is 6.61 Å². The van der Waals surface area contributed by atoms with Gasteiger partial charge in [0.2, 0.25) is 5.88 Å². The quantitative estimate of drug-likeness (QED) is 0.569. The van der Waals surface area contributed by atoms with E-state index in [1.165, 1.54) is 0 Å². The van der Waals surface area contributed by atoms with Crippen molar-refractivity contribution in [3.8, 4) is 0 Å². The summed E-state index contributed by atoms with van der Waals surface area (Å²) in [6.45, 7) is 2.56. The van der Waals surface area contributed by atoms with E-state index in [0.717, 1.165) is 0 Å². The van der Waals surface area contributed by atoms with E-state index in [4.69, 9.17) is 15.3 Å². The van der Waals surface area contributed by atoms with Crippen molar-refractivity contribution in [2.24, 2.45) is 0 Å². The van der Waals surface area contributed by atoms with E-state index < -0.39 is 0 Å². The lowest BCUT2D eigenvalue weighted by Gasteiger charge is -1.97. The molecule has 5 nitrogen and oxygen atoms in total. The molecule has 0 atom stereocenters. The second kappa shape index (κ2) is 3.96. The van der Waals surface area contributed by atoms with E-state index in [1.807, 2.05) is 0 Å². The number of nitrogens with two attached hydrogens (primary N) is 1. The molecule has 0 bridgehead atoms. The largest absolute Gasteiger partial charge is 0.407 e. The summed E-state index contributed by atoms with van der Waals surface area (Å²) >= 11 is 0. The fraction of sp³-hybridized carbons (Fsp3) is 0.571. The van der Waals surface area contributed by atoms with Crippen LogP contribution in [0.5, 0.6) is 0 Å². The number of nitrogen functional groups attached to an aromatic ring is 1. The third-order valence-electron chi connectivity index (χ3n) is 1.44. The molecule has 0 aliphatic carbocycles. The minimum atomic E-state index is 0.155. The number of anilines is 2. The van der Waals surface area contributed by atoms with Crippen LogP contribution in [-0.2, 0) is 0 Å². The Hall–Kier alpha value is -1.23. The van der Waals surface area contributed by atoms with Crippen molar-refractivity contribution in [2.45, 2.75) is 13.3 Å². The number of rotatable bonds is 4. The zero-order chi connectivity index (χ0) is 8.97. The molecule has 0 spiro atoms. The van der Waals surface area contributed by atoms with E-state index in [9.17, 15) is 0 Å². The van der Waals surface area contributed by atoms with Gasteiger partial charge in [0.15, 0.2) is 0 Å². The average Bonchev–Trinajstić information content (AvgIpc) is 2.32. The van der Waals surface area contributed by atoms with Crippen LogP contribution in [0, 0.1) is 6.92 Å². The summed E-state index contributed by atoms with van der Waals surface area (Å²) in [5.41, 5.74) is 6.11. The van der Waals surface area contributed by atoms with Crippen LogP contribution in [0.15, 0.2) is 4.42 Å². The van der Waals surface area contributed by atoms with Crippen molar-refractivity contribution in [2.75, 3.05) is 24.2 Å². The van der Waals surface area contributed by atoms with Gasteiger partial charge in [-0.05, 0) is 13.3 Å². The molecule has 0 aliphatic heterocycles. The first-order valence-electron chi connectivity index (χ1n) is 3.81. The number of aryl methyl sites for hydroxylation is 1. The summed E-state index contributed by atoms with van der Waals surface area (Å²) in [6.07, 6.45) is 0.668. The fourth-order valence-electron chi connectivity index (χ4n) is 0.758. The van der Waals surface area contributed by atoms with Gasteiger partial charge in [0.25, 0.3) is 6.01 Å². The Bertz CT molecular complexity index is 227. The van der Waals surface area contributed by atoms with Crippen molar-refractivity contribution in [1.29, 1.82) is 0 Å². The second-order valence-electron chi connectivity index (χ2n) is 2.47. The fourth-order valence-corrected chi connectivity index (χ4v) is 0.758. The van der Waals surface area contributed by atoms with Crippen LogP contribution in [0.1, 0.15) is 12.1 Å². The molecule has 0 aromatic carbocycles. The average molecular weight is 171 g/mol. The van der Waals surface area contributed by atoms with Crippen LogP contribution >= 0.6 is 0 Å². The highest BCUT2D eigenvalue weighted by molar-refractivity contribution is 5.36. The highest BCUT2D eigenvalue weighted by Gasteiger charge is 2.03. The minimum Gasteiger partial charge on any atom is -0.407 e. The van der Waals surface area contributed by atoms with Crippen molar-refractivity contribution >= 4 is 11.9 Å². The SMILES string of the molecule is Cc1nc(NCCCO)oc1N. The smallest absolute Gasteiger partial charge is 0.296 e. The van der Waals surface area contributed by atoms with Gasteiger partial charge in [-0.2, -0.15) is 4.98 Å². The van der Waals surface area contributed by atoms with E-state index in [0.29, 0.717) is 30.6 Å². The molecule has 1 aromatic heterocycles. The Morgan fingerprint density at radius 2 is 2.42 bits per heavy atom. The van der Waals surface area contributed by atoms with Gasteiger partial charge in [0.05, 0.1) is 0 Å². The Balaban J connectivity index is 2.42. The Labute approximate surface area is 70.6 Å². The molecule has 0 saturated heterocycles. The number of aromatic nitrogens is 1. The molecule has 0 aliphatic rings. The lowest BCUT2D eigenvalue weighted by molar-refractivity contribution is 0.292. The lowest BCUT2D eigenvalue weighted by atomic mass is 10.4. The van der Waals surface area contributed by atoms with Gasteiger partial charge in [-0.15, -0.1) is 0 Å². The third-order valence-corrected chi connectivity index (χ3v) is 1.44. The number of aliphatic hydroxyl groups is 1. The second-order valence-corrected chi connectivity index (χ2v) is 2.47. The molecule has 0 amide bonds. The highest BCUT2D eigenvalue weighted by Crippen LogP contribution is 2.15. The molecule has 12 heavy (non-hydrogen) atoms. The number of aliphatic hydroxyl groups excluding tert-OH is 1. The molecular weight excluding hydrogens is 158 g/mol. The van der Waals surface area contributed by atoms with Gasteiger partial charge in [-0.1, -0.05) is 0 Å². The first kappa shape index (κ1) is 8.86. The molecule has 0 saturated carbocycles. The molecule has 1 rings (SSSR count). The molecule has 4 N–H and O–H groups in total. The Morgan fingerprint density at radius 1 is 1.67 bits per heavy atom. The molecule has 1 heterocycles. The molecule has 0 unspecified atom stereocenters. The third kappa shape index (κ3) is 2.13. The van der Waals surface area contributed by atoms with Gasteiger partial charge < -0.3 is 20.6 Å². The van der Waals surface area contributed by atoms with Crippen LogP contribution in [-0.4, -0.2) is 23.2 Å². The van der Waals surface area contributed by atoms with Crippen LogP contribution in [0.2, 0.25) is 0 Å². The molecular formula is C7H13N3O2. The number of nitrogens with one attached hydrogen (secondary N) is 1. The number of hydrogen-bond acceptors (Lipinski definition) is 5. The summed E-state index contributed by atoms with van der Waals surface area (Å²) < 4.78 is 5.03. The van der Waals surface area contributed by atoms with Gasteiger partial charge in [0, 0.05) is 13.2 Å². The molecule has 0 fully saturated rings. The summed E-state index contributed by atoms with van der Waals surface area (Å²) in [6, 6.07) is 0.415. The Kier molecular flexibility index (Phi) is 2.93. The predicted molar refractivity (Wildman–Crippen MR) is 45.8 cm³/mol. The van der Waals surface area contributed by atoms with E-state index >= 15 is 0 Å². The molecule has 0 radical (unpaired) electrons. The summed E-state index contributed by atoms with van der Waals surface area (Å²) in [4.78, 5) is 4.00. The van der Waals surface area contributed by atoms with Gasteiger partial charge in [0.1, 0.15) is 5.69 Å². The monoisotopic (exact) mass is 171 g/mol. The Morgan fingerprint density at radius 3 is 2.92 bits per heavy atom. The highest BCUT2D eigenvalue weighted by atomic mass is 16.4. The normalized spacial score (nSPS) is 10.2. The number of oxazole rings is 1. The van der Waals surface area contributed by atoms with Crippen molar-refractivity contribution < 1.29 is 9.52 Å².